The van der Waals surface area contributed by atoms with Gasteiger partial charge in [-0.1, -0.05) is 30.3 Å². The van der Waals surface area contributed by atoms with Gasteiger partial charge in [0.25, 0.3) is 5.91 Å². The van der Waals surface area contributed by atoms with Crippen LogP contribution in [-0.4, -0.2) is 32.0 Å². The number of amides is 1. The van der Waals surface area contributed by atoms with Gasteiger partial charge in [-0.3, -0.25) is 9.48 Å². The summed E-state index contributed by atoms with van der Waals surface area (Å²) in [5, 5.41) is 16.6. The predicted molar refractivity (Wildman–Crippen MR) is 86.3 cm³/mol. The van der Waals surface area contributed by atoms with Crippen molar-refractivity contribution >= 4 is 5.91 Å². The highest BCUT2D eigenvalue weighted by atomic mass is 16.3. The minimum absolute atomic E-state index is 0.172. The Morgan fingerprint density at radius 3 is 2.57 bits per heavy atom. The molecular formula is C17H18N4O2. The summed E-state index contributed by atoms with van der Waals surface area (Å²) in [6, 6.07) is 12.7. The van der Waals surface area contributed by atoms with Gasteiger partial charge in [-0.15, -0.1) is 0 Å². The van der Waals surface area contributed by atoms with Gasteiger partial charge >= 0.3 is 0 Å². The summed E-state index contributed by atoms with van der Waals surface area (Å²) in [5.74, 6) is 0.405. The molecule has 23 heavy (non-hydrogen) atoms. The fraction of sp³-hybridized carbons (Fsp3) is 0.176. The third kappa shape index (κ3) is 3.02. The second-order valence-corrected chi connectivity index (χ2v) is 5.22. The summed E-state index contributed by atoms with van der Waals surface area (Å²) < 4.78 is 3.48. The van der Waals surface area contributed by atoms with Gasteiger partial charge in [-0.25, -0.2) is 0 Å². The molecule has 0 aliphatic carbocycles. The quantitative estimate of drug-likeness (QED) is 0.753. The Bertz CT molecular complexity index is 778. The third-order valence-corrected chi connectivity index (χ3v) is 3.69. The van der Waals surface area contributed by atoms with E-state index >= 15 is 0 Å². The van der Waals surface area contributed by atoms with E-state index in [1.165, 1.54) is 6.20 Å². The average molecular weight is 310 g/mol. The van der Waals surface area contributed by atoms with Crippen molar-refractivity contribution in [3.05, 3.63) is 72.2 Å². The van der Waals surface area contributed by atoms with Crippen LogP contribution in [-0.2, 0) is 7.05 Å². The Balaban J connectivity index is 1.87. The Hall–Kier alpha value is -2.86. The Kier molecular flexibility index (Phi) is 4.25. The first-order chi connectivity index (χ1) is 11.2. The minimum Gasteiger partial charge on any atom is -0.394 e. The van der Waals surface area contributed by atoms with Gasteiger partial charge in [-0.2, -0.15) is 5.10 Å². The maximum absolute atomic E-state index is 12.6. The van der Waals surface area contributed by atoms with E-state index in [2.05, 4.69) is 10.4 Å². The zero-order valence-corrected chi connectivity index (χ0v) is 12.8. The molecule has 0 bridgehead atoms. The van der Waals surface area contributed by atoms with E-state index in [-0.39, 0.29) is 12.5 Å². The van der Waals surface area contributed by atoms with E-state index in [1.54, 1.807) is 11.7 Å². The second-order valence-electron chi connectivity index (χ2n) is 5.22. The first-order valence-corrected chi connectivity index (χ1v) is 7.32. The molecule has 0 radical (unpaired) electrons. The molecule has 118 valence electrons. The van der Waals surface area contributed by atoms with Gasteiger partial charge in [0.15, 0.2) is 0 Å². The molecule has 0 unspecified atom stereocenters. The summed E-state index contributed by atoms with van der Waals surface area (Å²) >= 11 is 0. The Morgan fingerprint density at radius 2 is 1.91 bits per heavy atom. The number of hydrogen-bond donors (Lipinski definition) is 2. The SMILES string of the molecule is Cn1ncc(C(=O)N[C@@H](CO)c2ccccc2)c1-n1cccc1. The molecule has 2 heterocycles. The smallest absolute Gasteiger partial charge is 0.257 e. The summed E-state index contributed by atoms with van der Waals surface area (Å²) in [4.78, 5) is 12.6. The molecule has 2 N–H and O–H groups in total. The molecule has 0 saturated heterocycles. The summed E-state index contributed by atoms with van der Waals surface area (Å²) in [7, 11) is 1.78. The van der Waals surface area contributed by atoms with E-state index in [1.807, 2.05) is 59.4 Å². The van der Waals surface area contributed by atoms with Crippen molar-refractivity contribution in [2.75, 3.05) is 6.61 Å². The lowest BCUT2D eigenvalue weighted by atomic mass is 10.1. The maximum atomic E-state index is 12.6. The predicted octanol–water partition coefficient (Wildman–Crippen LogP) is 1.67. The largest absolute Gasteiger partial charge is 0.394 e. The van der Waals surface area contributed by atoms with Gasteiger partial charge in [-0.05, 0) is 17.7 Å². The molecule has 3 aromatic rings. The molecule has 1 atom stereocenters. The normalized spacial score (nSPS) is 12.1. The minimum atomic E-state index is -0.457. The zero-order valence-electron chi connectivity index (χ0n) is 12.8. The monoisotopic (exact) mass is 310 g/mol. The van der Waals surface area contributed by atoms with Crippen molar-refractivity contribution in [2.24, 2.45) is 7.05 Å². The molecule has 2 aromatic heterocycles. The number of nitrogens with one attached hydrogen (secondary N) is 1. The van der Waals surface area contributed by atoms with Crippen LogP contribution in [0.3, 0.4) is 0 Å². The van der Waals surface area contributed by atoms with E-state index in [4.69, 9.17) is 0 Å². The molecule has 0 aliphatic heterocycles. The van der Waals surface area contributed by atoms with Gasteiger partial charge in [0.1, 0.15) is 11.4 Å². The van der Waals surface area contributed by atoms with E-state index in [9.17, 15) is 9.90 Å². The van der Waals surface area contributed by atoms with Crippen molar-refractivity contribution in [3.8, 4) is 5.82 Å². The molecule has 3 rings (SSSR count). The number of carbonyl (C=O) groups is 1. The van der Waals surface area contributed by atoms with Crippen LogP contribution < -0.4 is 5.32 Å². The van der Waals surface area contributed by atoms with Crippen molar-refractivity contribution in [2.45, 2.75) is 6.04 Å². The second kappa shape index (κ2) is 6.50. The average Bonchev–Trinajstić information content (AvgIpc) is 3.22. The molecule has 0 aliphatic rings. The van der Waals surface area contributed by atoms with Crippen LogP contribution in [0.4, 0.5) is 0 Å². The number of carbonyl (C=O) groups excluding carboxylic acids is 1. The third-order valence-electron chi connectivity index (χ3n) is 3.69. The van der Waals surface area contributed by atoms with Gasteiger partial charge in [0, 0.05) is 19.4 Å². The topological polar surface area (TPSA) is 72.1 Å². The van der Waals surface area contributed by atoms with Crippen LogP contribution >= 0.6 is 0 Å². The standard InChI is InChI=1S/C17H18N4O2/c1-20-17(21-9-5-6-10-21)14(11-18-20)16(23)19-15(12-22)13-7-3-2-4-8-13/h2-11,15,22H,12H2,1H3,(H,19,23)/t15-/m0/s1. The number of rotatable bonds is 5. The van der Waals surface area contributed by atoms with Crippen molar-refractivity contribution in [1.29, 1.82) is 0 Å². The zero-order chi connectivity index (χ0) is 16.2. The molecule has 0 spiro atoms. The highest BCUT2D eigenvalue weighted by molar-refractivity contribution is 5.97. The van der Waals surface area contributed by atoms with Crippen molar-refractivity contribution < 1.29 is 9.90 Å². The maximum Gasteiger partial charge on any atom is 0.257 e. The van der Waals surface area contributed by atoms with E-state index in [0.717, 1.165) is 5.56 Å². The number of benzene rings is 1. The van der Waals surface area contributed by atoms with Crippen molar-refractivity contribution in [1.82, 2.24) is 19.7 Å². The molecule has 0 fully saturated rings. The Morgan fingerprint density at radius 1 is 1.22 bits per heavy atom. The molecular weight excluding hydrogens is 292 g/mol. The lowest BCUT2D eigenvalue weighted by Crippen LogP contribution is -2.31. The van der Waals surface area contributed by atoms with Gasteiger partial charge in [0.05, 0.1) is 18.8 Å². The first kappa shape index (κ1) is 15.1. The number of aliphatic hydroxyl groups is 1. The highest BCUT2D eigenvalue weighted by Gasteiger charge is 2.20. The van der Waals surface area contributed by atoms with Crippen LogP contribution in [0, 0.1) is 0 Å². The Labute approximate surface area is 134 Å². The fourth-order valence-corrected chi connectivity index (χ4v) is 2.53. The lowest BCUT2D eigenvalue weighted by molar-refractivity contribution is 0.0916. The molecule has 1 amide bonds. The van der Waals surface area contributed by atoms with Crippen molar-refractivity contribution in [3.63, 3.8) is 0 Å². The van der Waals surface area contributed by atoms with E-state index in [0.29, 0.717) is 11.4 Å². The number of aromatic nitrogens is 3. The first-order valence-electron chi connectivity index (χ1n) is 7.32. The highest BCUT2D eigenvalue weighted by Crippen LogP contribution is 2.17. The van der Waals surface area contributed by atoms with Crippen LogP contribution in [0.2, 0.25) is 0 Å². The number of nitrogens with zero attached hydrogens (tertiary/aromatic N) is 3. The molecule has 6 heteroatoms. The van der Waals surface area contributed by atoms with Crippen LogP contribution in [0.15, 0.2) is 61.1 Å². The number of aryl methyl sites for hydroxylation is 1. The summed E-state index contributed by atoms with van der Waals surface area (Å²) in [6.45, 7) is -0.172. The summed E-state index contributed by atoms with van der Waals surface area (Å²) in [5.41, 5.74) is 1.31. The molecule has 6 nitrogen and oxygen atoms in total. The number of aliphatic hydroxyl groups excluding tert-OH is 1. The van der Waals surface area contributed by atoms with Crippen LogP contribution in [0.25, 0.3) is 5.82 Å². The van der Waals surface area contributed by atoms with Crippen LogP contribution in [0.1, 0.15) is 22.0 Å². The lowest BCUT2D eigenvalue weighted by Gasteiger charge is -2.17. The molecule has 1 aromatic carbocycles. The number of hydrogen-bond acceptors (Lipinski definition) is 3. The van der Waals surface area contributed by atoms with E-state index < -0.39 is 6.04 Å². The van der Waals surface area contributed by atoms with Gasteiger partial charge < -0.3 is 15.0 Å². The van der Waals surface area contributed by atoms with Gasteiger partial charge in [0.2, 0.25) is 0 Å². The van der Waals surface area contributed by atoms with Crippen LogP contribution in [0.5, 0.6) is 0 Å². The molecule has 0 saturated carbocycles. The fourth-order valence-electron chi connectivity index (χ4n) is 2.53. The summed E-state index contributed by atoms with van der Waals surface area (Å²) in [6.07, 6.45) is 5.24.